The first-order valence-electron chi connectivity index (χ1n) is 6.12. The Morgan fingerprint density at radius 2 is 2.10 bits per heavy atom. The van der Waals surface area contributed by atoms with Gasteiger partial charge in [-0.1, -0.05) is 23.5 Å². The molecule has 1 aromatic heterocycles. The predicted molar refractivity (Wildman–Crippen MR) is 74.0 cm³/mol. The second kappa shape index (κ2) is 7.06. The van der Waals surface area contributed by atoms with Gasteiger partial charge in [0.1, 0.15) is 17.4 Å². The standard InChI is InChI=1S/C13H14FN3O2S/c1-2-19-8-12-16-17-13(20-12)15-11(18)7-9-3-5-10(14)6-4-9/h3-6H,2,7-8H2,1H3,(H,15,17,18). The lowest BCUT2D eigenvalue weighted by Gasteiger charge is -2.01. The lowest BCUT2D eigenvalue weighted by molar-refractivity contribution is -0.115. The van der Waals surface area contributed by atoms with Crippen LogP contribution in [0, 0.1) is 5.82 Å². The molecule has 0 fully saturated rings. The number of nitrogens with one attached hydrogen (secondary N) is 1. The molecular weight excluding hydrogens is 281 g/mol. The maximum Gasteiger partial charge on any atom is 0.230 e. The predicted octanol–water partition coefficient (Wildman–Crippen LogP) is 2.39. The van der Waals surface area contributed by atoms with Crippen LogP contribution >= 0.6 is 11.3 Å². The van der Waals surface area contributed by atoms with Crippen molar-refractivity contribution in [3.05, 3.63) is 40.7 Å². The third kappa shape index (κ3) is 4.36. The van der Waals surface area contributed by atoms with Crippen LogP contribution in [0.2, 0.25) is 0 Å². The molecule has 2 aromatic rings. The van der Waals surface area contributed by atoms with Crippen molar-refractivity contribution in [1.82, 2.24) is 10.2 Å². The molecule has 2 rings (SSSR count). The van der Waals surface area contributed by atoms with Crippen molar-refractivity contribution in [2.75, 3.05) is 11.9 Å². The topological polar surface area (TPSA) is 64.1 Å². The molecule has 0 atom stereocenters. The number of hydrogen-bond acceptors (Lipinski definition) is 5. The number of amides is 1. The highest BCUT2D eigenvalue weighted by Gasteiger charge is 2.09. The first kappa shape index (κ1) is 14.5. The highest BCUT2D eigenvalue weighted by Crippen LogP contribution is 2.16. The van der Waals surface area contributed by atoms with Crippen LogP contribution < -0.4 is 5.32 Å². The van der Waals surface area contributed by atoms with Gasteiger partial charge in [-0.2, -0.15) is 0 Å². The summed E-state index contributed by atoms with van der Waals surface area (Å²) in [4.78, 5) is 11.8. The first-order chi connectivity index (χ1) is 9.67. The molecule has 1 amide bonds. The van der Waals surface area contributed by atoms with Crippen LogP contribution in [0.1, 0.15) is 17.5 Å². The molecular formula is C13H14FN3O2S. The van der Waals surface area contributed by atoms with Crippen molar-refractivity contribution in [1.29, 1.82) is 0 Å². The minimum absolute atomic E-state index is 0.167. The number of carbonyl (C=O) groups excluding carboxylic acids is 1. The first-order valence-corrected chi connectivity index (χ1v) is 6.93. The highest BCUT2D eigenvalue weighted by molar-refractivity contribution is 7.15. The molecule has 0 bridgehead atoms. The second-order valence-corrected chi connectivity index (χ2v) is 5.05. The van der Waals surface area contributed by atoms with Gasteiger partial charge in [0.25, 0.3) is 0 Å². The number of halogens is 1. The molecule has 0 aliphatic heterocycles. The van der Waals surface area contributed by atoms with E-state index in [9.17, 15) is 9.18 Å². The fourth-order valence-electron chi connectivity index (χ4n) is 1.50. The lowest BCUT2D eigenvalue weighted by atomic mass is 10.1. The molecule has 0 unspecified atom stereocenters. The number of hydrogen-bond donors (Lipinski definition) is 1. The van der Waals surface area contributed by atoms with Crippen LogP contribution in [-0.2, 0) is 22.6 Å². The summed E-state index contributed by atoms with van der Waals surface area (Å²) in [5.41, 5.74) is 0.739. The fourth-order valence-corrected chi connectivity index (χ4v) is 2.20. The molecule has 0 spiro atoms. The molecule has 20 heavy (non-hydrogen) atoms. The molecule has 0 saturated carbocycles. The fraction of sp³-hybridized carbons (Fsp3) is 0.308. The van der Waals surface area contributed by atoms with Gasteiger partial charge in [0.15, 0.2) is 0 Å². The van der Waals surface area contributed by atoms with Crippen LogP contribution in [-0.4, -0.2) is 22.7 Å². The van der Waals surface area contributed by atoms with Gasteiger partial charge in [0, 0.05) is 6.61 Å². The molecule has 1 N–H and O–H groups in total. The lowest BCUT2D eigenvalue weighted by Crippen LogP contribution is -2.14. The monoisotopic (exact) mass is 295 g/mol. The van der Waals surface area contributed by atoms with Crippen molar-refractivity contribution in [3.8, 4) is 0 Å². The van der Waals surface area contributed by atoms with Crippen molar-refractivity contribution in [2.45, 2.75) is 20.0 Å². The molecule has 1 heterocycles. The zero-order valence-corrected chi connectivity index (χ0v) is 11.7. The number of carbonyl (C=O) groups is 1. The average molecular weight is 295 g/mol. The van der Waals surface area contributed by atoms with Crippen molar-refractivity contribution >= 4 is 22.4 Å². The van der Waals surface area contributed by atoms with Gasteiger partial charge in [-0.25, -0.2) is 4.39 Å². The van der Waals surface area contributed by atoms with Crippen molar-refractivity contribution in [3.63, 3.8) is 0 Å². The number of anilines is 1. The van der Waals surface area contributed by atoms with Gasteiger partial charge in [-0.05, 0) is 24.6 Å². The minimum Gasteiger partial charge on any atom is -0.374 e. The summed E-state index contributed by atoms with van der Waals surface area (Å²) in [6.07, 6.45) is 0.167. The Kier molecular flexibility index (Phi) is 5.14. The van der Waals surface area contributed by atoms with E-state index in [1.165, 1.54) is 23.5 Å². The van der Waals surface area contributed by atoms with E-state index in [4.69, 9.17) is 4.74 Å². The molecule has 0 aliphatic rings. The quantitative estimate of drug-likeness (QED) is 0.888. The van der Waals surface area contributed by atoms with Crippen LogP contribution in [0.3, 0.4) is 0 Å². The van der Waals surface area contributed by atoms with Crippen LogP contribution in [0.5, 0.6) is 0 Å². The Morgan fingerprint density at radius 1 is 1.35 bits per heavy atom. The van der Waals surface area contributed by atoms with Gasteiger partial charge in [-0.3, -0.25) is 4.79 Å². The maximum absolute atomic E-state index is 12.7. The Labute approximate surface area is 119 Å². The van der Waals surface area contributed by atoms with Gasteiger partial charge < -0.3 is 10.1 Å². The summed E-state index contributed by atoms with van der Waals surface area (Å²) >= 11 is 1.28. The molecule has 106 valence electrons. The maximum atomic E-state index is 12.7. The number of nitrogens with zero attached hydrogens (tertiary/aromatic N) is 2. The summed E-state index contributed by atoms with van der Waals surface area (Å²) in [6, 6.07) is 5.81. The summed E-state index contributed by atoms with van der Waals surface area (Å²) in [6.45, 7) is 2.89. The Balaban J connectivity index is 1.87. The van der Waals surface area contributed by atoms with Gasteiger partial charge in [-0.15, -0.1) is 10.2 Å². The zero-order valence-electron chi connectivity index (χ0n) is 10.9. The van der Waals surface area contributed by atoms with Gasteiger partial charge in [0.2, 0.25) is 11.0 Å². The van der Waals surface area contributed by atoms with E-state index in [1.807, 2.05) is 6.92 Å². The van der Waals surface area contributed by atoms with E-state index in [2.05, 4.69) is 15.5 Å². The summed E-state index contributed by atoms with van der Waals surface area (Å²) in [5.74, 6) is -0.533. The van der Waals surface area contributed by atoms with Crippen LogP contribution in [0.4, 0.5) is 9.52 Å². The Bertz CT molecular complexity index is 571. The third-order valence-electron chi connectivity index (χ3n) is 2.42. The van der Waals surface area contributed by atoms with E-state index in [1.54, 1.807) is 12.1 Å². The third-order valence-corrected chi connectivity index (χ3v) is 3.23. The number of rotatable bonds is 6. The van der Waals surface area contributed by atoms with E-state index in [0.717, 1.165) is 5.56 Å². The number of benzene rings is 1. The van der Waals surface area contributed by atoms with E-state index < -0.39 is 0 Å². The van der Waals surface area contributed by atoms with Crippen molar-refractivity contribution < 1.29 is 13.9 Å². The Morgan fingerprint density at radius 3 is 2.80 bits per heavy atom. The molecule has 7 heteroatoms. The van der Waals surface area contributed by atoms with Crippen molar-refractivity contribution in [2.24, 2.45) is 0 Å². The second-order valence-electron chi connectivity index (χ2n) is 3.99. The number of ether oxygens (including phenoxy) is 1. The van der Waals surface area contributed by atoms with Gasteiger partial charge >= 0.3 is 0 Å². The SMILES string of the molecule is CCOCc1nnc(NC(=O)Cc2ccc(F)cc2)s1. The normalized spacial score (nSPS) is 10.5. The summed E-state index contributed by atoms with van der Waals surface area (Å²) in [7, 11) is 0. The molecule has 0 saturated heterocycles. The largest absolute Gasteiger partial charge is 0.374 e. The zero-order chi connectivity index (χ0) is 14.4. The smallest absolute Gasteiger partial charge is 0.230 e. The highest BCUT2D eigenvalue weighted by atomic mass is 32.1. The molecule has 0 aliphatic carbocycles. The molecule has 0 radical (unpaired) electrons. The molecule has 5 nitrogen and oxygen atoms in total. The minimum atomic E-state index is -0.321. The summed E-state index contributed by atoms with van der Waals surface area (Å²) < 4.78 is 18.0. The van der Waals surface area contributed by atoms with E-state index in [0.29, 0.717) is 23.4 Å². The molecule has 1 aromatic carbocycles. The number of aromatic nitrogens is 2. The Hall–Kier alpha value is -1.86. The summed E-state index contributed by atoms with van der Waals surface area (Å²) in [5, 5.41) is 11.6. The van der Waals surface area contributed by atoms with Crippen LogP contribution in [0.25, 0.3) is 0 Å². The average Bonchev–Trinajstić information content (AvgIpc) is 2.86. The van der Waals surface area contributed by atoms with Gasteiger partial charge in [0.05, 0.1) is 6.42 Å². The van der Waals surface area contributed by atoms with E-state index >= 15 is 0 Å². The van der Waals surface area contributed by atoms with E-state index in [-0.39, 0.29) is 18.1 Å². The van der Waals surface area contributed by atoms with Crippen LogP contribution in [0.15, 0.2) is 24.3 Å².